The molecule has 2 heterocycles. The molecular weight excluding hydrogens is 333 g/mol. The van der Waals surface area contributed by atoms with Gasteiger partial charge >= 0.3 is 0 Å². The highest BCUT2D eigenvalue weighted by molar-refractivity contribution is 5.85. The molecule has 1 aromatic carbocycles. The number of aryl methyl sites for hydroxylation is 1. The lowest BCUT2D eigenvalue weighted by Crippen LogP contribution is -2.21. The molecule has 1 unspecified atom stereocenters. The minimum atomic E-state index is -0.697. The highest BCUT2D eigenvalue weighted by atomic mass is 35.5. The van der Waals surface area contributed by atoms with Crippen LogP contribution in [0.5, 0.6) is 0 Å². The Hall–Kier alpha value is -2.15. The molecular formula is C17H19ClFN3O2. The van der Waals surface area contributed by atoms with E-state index < -0.39 is 6.10 Å². The van der Waals surface area contributed by atoms with Gasteiger partial charge in [-0.2, -0.15) is 5.10 Å². The van der Waals surface area contributed by atoms with Crippen molar-refractivity contribution < 1.29 is 13.9 Å². The van der Waals surface area contributed by atoms with E-state index in [1.807, 2.05) is 19.1 Å². The van der Waals surface area contributed by atoms with E-state index in [9.17, 15) is 9.50 Å². The highest BCUT2D eigenvalue weighted by Gasteiger charge is 2.12. The Kier molecular flexibility index (Phi) is 6.14. The molecule has 2 aromatic heterocycles. The van der Waals surface area contributed by atoms with Gasteiger partial charge in [0.1, 0.15) is 17.3 Å². The zero-order valence-corrected chi connectivity index (χ0v) is 13.9. The Balaban J connectivity index is 0.00000208. The van der Waals surface area contributed by atoms with Crippen LogP contribution in [-0.4, -0.2) is 21.8 Å². The summed E-state index contributed by atoms with van der Waals surface area (Å²) >= 11 is 0. The van der Waals surface area contributed by atoms with Crippen LogP contribution in [0.4, 0.5) is 4.39 Å². The summed E-state index contributed by atoms with van der Waals surface area (Å²) in [5.41, 5.74) is 2.44. The number of aliphatic hydroxyl groups is 1. The van der Waals surface area contributed by atoms with Crippen molar-refractivity contribution in [1.82, 2.24) is 15.5 Å². The van der Waals surface area contributed by atoms with E-state index in [4.69, 9.17) is 4.42 Å². The van der Waals surface area contributed by atoms with Crippen molar-refractivity contribution in [2.45, 2.75) is 19.6 Å². The first-order chi connectivity index (χ1) is 11.1. The maximum absolute atomic E-state index is 12.9. The van der Waals surface area contributed by atoms with Crippen LogP contribution in [0.1, 0.15) is 23.0 Å². The monoisotopic (exact) mass is 351 g/mol. The van der Waals surface area contributed by atoms with Crippen molar-refractivity contribution >= 4 is 12.4 Å². The smallest absolute Gasteiger partial charge is 0.152 e. The lowest BCUT2D eigenvalue weighted by molar-refractivity contribution is 0.174. The van der Waals surface area contributed by atoms with E-state index in [0.29, 0.717) is 18.7 Å². The molecule has 0 radical (unpaired) electrons. The Bertz CT molecular complexity index is 770. The Morgan fingerprint density at radius 2 is 2.00 bits per heavy atom. The largest absolute Gasteiger partial charge is 0.460 e. The van der Waals surface area contributed by atoms with Gasteiger partial charge in [-0.1, -0.05) is 12.1 Å². The van der Waals surface area contributed by atoms with Crippen LogP contribution in [-0.2, 0) is 6.54 Å². The predicted molar refractivity (Wildman–Crippen MR) is 91.3 cm³/mol. The molecule has 7 heteroatoms. The number of nitrogens with zero attached hydrogens (tertiary/aromatic N) is 1. The lowest BCUT2D eigenvalue weighted by atomic mass is 10.1. The van der Waals surface area contributed by atoms with E-state index in [-0.39, 0.29) is 18.2 Å². The number of aromatic nitrogens is 2. The van der Waals surface area contributed by atoms with Gasteiger partial charge in [0, 0.05) is 18.7 Å². The highest BCUT2D eigenvalue weighted by Crippen LogP contribution is 2.23. The molecule has 1 atom stereocenters. The van der Waals surface area contributed by atoms with Gasteiger partial charge in [0.15, 0.2) is 5.76 Å². The number of rotatable bonds is 6. The molecule has 0 saturated heterocycles. The summed E-state index contributed by atoms with van der Waals surface area (Å²) < 4.78 is 18.5. The van der Waals surface area contributed by atoms with E-state index >= 15 is 0 Å². The van der Waals surface area contributed by atoms with Crippen LogP contribution in [0.25, 0.3) is 11.5 Å². The second kappa shape index (κ2) is 8.10. The number of benzene rings is 1. The number of H-pyrrole nitrogens is 1. The molecule has 3 N–H and O–H groups in total. The summed E-state index contributed by atoms with van der Waals surface area (Å²) in [6, 6.07) is 9.62. The zero-order valence-electron chi connectivity index (χ0n) is 13.1. The van der Waals surface area contributed by atoms with Gasteiger partial charge < -0.3 is 14.8 Å². The lowest BCUT2D eigenvalue weighted by Gasteiger charge is -2.12. The van der Waals surface area contributed by atoms with Gasteiger partial charge in [-0.15, -0.1) is 12.4 Å². The number of aliphatic hydroxyl groups excluding tert-OH is 1. The van der Waals surface area contributed by atoms with Crippen molar-refractivity contribution in [1.29, 1.82) is 0 Å². The van der Waals surface area contributed by atoms with E-state index in [0.717, 1.165) is 22.8 Å². The van der Waals surface area contributed by atoms with Crippen LogP contribution in [0.2, 0.25) is 0 Å². The summed E-state index contributed by atoms with van der Waals surface area (Å²) in [6.45, 7) is 2.77. The number of aromatic amines is 1. The molecule has 0 aliphatic carbocycles. The fraction of sp³-hybridized carbons (Fsp3) is 0.235. The van der Waals surface area contributed by atoms with Crippen molar-refractivity contribution in [2.75, 3.05) is 6.54 Å². The number of furan rings is 1. The normalized spacial score (nSPS) is 12.0. The van der Waals surface area contributed by atoms with Crippen molar-refractivity contribution in [3.8, 4) is 11.5 Å². The third-order valence-corrected chi connectivity index (χ3v) is 3.61. The molecule has 0 amide bonds. The SMILES string of the molecule is Cc1ccc(-c2[nH]ncc2CNCC(O)c2ccc(F)cc2)o1.Cl. The van der Waals surface area contributed by atoms with Crippen molar-refractivity contribution in [3.63, 3.8) is 0 Å². The number of nitrogens with one attached hydrogen (secondary N) is 2. The molecule has 3 rings (SSSR count). The Morgan fingerprint density at radius 1 is 1.25 bits per heavy atom. The van der Waals surface area contributed by atoms with Gasteiger partial charge in [0.25, 0.3) is 0 Å². The Morgan fingerprint density at radius 3 is 2.67 bits per heavy atom. The van der Waals surface area contributed by atoms with Crippen molar-refractivity contribution in [2.24, 2.45) is 0 Å². The first-order valence-electron chi connectivity index (χ1n) is 7.37. The standard InChI is InChI=1S/C17H18FN3O2.ClH/c1-11-2-7-16(23-11)17-13(9-20-21-17)8-19-10-15(22)12-3-5-14(18)6-4-12;/h2-7,9,15,19,22H,8,10H2,1H3,(H,20,21);1H. The van der Waals surface area contributed by atoms with Gasteiger partial charge in [0.05, 0.1) is 12.3 Å². The quantitative estimate of drug-likeness (QED) is 0.636. The van der Waals surface area contributed by atoms with Gasteiger partial charge in [-0.05, 0) is 36.8 Å². The molecule has 0 aliphatic rings. The molecule has 128 valence electrons. The molecule has 0 fully saturated rings. The van der Waals surface area contributed by atoms with Crippen LogP contribution in [0.3, 0.4) is 0 Å². The van der Waals surface area contributed by atoms with Crippen molar-refractivity contribution in [3.05, 3.63) is 65.3 Å². The first-order valence-corrected chi connectivity index (χ1v) is 7.37. The minimum absolute atomic E-state index is 0. The average Bonchev–Trinajstić information content (AvgIpc) is 3.16. The predicted octanol–water partition coefficient (Wildman–Crippen LogP) is 3.36. The number of hydrogen-bond acceptors (Lipinski definition) is 4. The van der Waals surface area contributed by atoms with Crippen LogP contribution in [0, 0.1) is 12.7 Å². The molecule has 0 saturated carbocycles. The molecule has 5 nitrogen and oxygen atoms in total. The molecule has 0 spiro atoms. The van der Waals surface area contributed by atoms with Gasteiger partial charge in [-0.3, -0.25) is 5.10 Å². The molecule has 0 bridgehead atoms. The van der Waals surface area contributed by atoms with Crippen LogP contribution in [0.15, 0.2) is 47.0 Å². The maximum atomic E-state index is 12.9. The number of halogens is 2. The van der Waals surface area contributed by atoms with Crippen LogP contribution >= 0.6 is 12.4 Å². The third kappa shape index (κ3) is 4.23. The van der Waals surface area contributed by atoms with Crippen LogP contribution < -0.4 is 5.32 Å². The van der Waals surface area contributed by atoms with E-state index in [1.165, 1.54) is 12.1 Å². The number of hydrogen-bond donors (Lipinski definition) is 3. The molecule has 24 heavy (non-hydrogen) atoms. The van der Waals surface area contributed by atoms with E-state index in [2.05, 4.69) is 15.5 Å². The fourth-order valence-corrected chi connectivity index (χ4v) is 2.37. The molecule has 3 aromatic rings. The van der Waals surface area contributed by atoms with Gasteiger partial charge in [0.2, 0.25) is 0 Å². The summed E-state index contributed by atoms with van der Waals surface area (Å²) in [5, 5.41) is 20.2. The maximum Gasteiger partial charge on any atom is 0.152 e. The summed E-state index contributed by atoms with van der Waals surface area (Å²) in [5.74, 6) is 1.25. The Labute approximate surface area is 145 Å². The average molecular weight is 352 g/mol. The fourth-order valence-electron chi connectivity index (χ4n) is 2.37. The summed E-state index contributed by atoms with van der Waals surface area (Å²) in [6.07, 6.45) is 1.03. The zero-order chi connectivity index (χ0) is 16.2. The summed E-state index contributed by atoms with van der Waals surface area (Å²) in [4.78, 5) is 0. The molecule has 0 aliphatic heterocycles. The van der Waals surface area contributed by atoms with Gasteiger partial charge in [-0.25, -0.2) is 4.39 Å². The topological polar surface area (TPSA) is 74.1 Å². The second-order valence-corrected chi connectivity index (χ2v) is 5.38. The minimum Gasteiger partial charge on any atom is -0.460 e. The first kappa shape index (κ1) is 18.2. The van der Waals surface area contributed by atoms with E-state index in [1.54, 1.807) is 18.3 Å². The second-order valence-electron chi connectivity index (χ2n) is 5.38. The third-order valence-electron chi connectivity index (χ3n) is 3.61. The summed E-state index contributed by atoms with van der Waals surface area (Å²) in [7, 11) is 0.